The fraction of sp³-hybridized carbons (Fsp3) is 0.632. The van der Waals surface area contributed by atoms with Crippen molar-refractivity contribution in [2.45, 2.75) is 32.0 Å². The van der Waals surface area contributed by atoms with Crippen LogP contribution in [0.1, 0.15) is 30.1 Å². The molecule has 4 rings (SSSR count). The predicted octanol–water partition coefficient (Wildman–Crippen LogP) is 1.83. The molecule has 0 radical (unpaired) electrons. The Morgan fingerprint density at radius 3 is 2.25 bits per heavy atom. The van der Waals surface area contributed by atoms with Crippen LogP contribution in [0, 0.1) is 0 Å². The summed E-state index contributed by atoms with van der Waals surface area (Å²) in [4.78, 5) is 19.4. The number of carbonyl (C=O) groups is 1. The molecule has 0 spiro atoms. The number of morpholine rings is 1. The Labute approximate surface area is 144 Å². The second-order valence-corrected chi connectivity index (χ2v) is 7.14. The highest BCUT2D eigenvalue weighted by Crippen LogP contribution is 2.29. The van der Waals surface area contributed by atoms with E-state index >= 15 is 0 Å². The van der Waals surface area contributed by atoms with E-state index in [-0.39, 0.29) is 5.91 Å². The fourth-order valence-corrected chi connectivity index (χ4v) is 4.09. The first-order chi connectivity index (χ1) is 11.7. The van der Waals surface area contributed by atoms with Crippen molar-refractivity contribution in [1.82, 2.24) is 9.80 Å². The Morgan fingerprint density at radius 1 is 1.04 bits per heavy atom. The lowest BCUT2D eigenvalue weighted by molar-refractivity contribution is 0.0305. The van der Waals surface area contributed by atoms with Crippen LogP contribution in [-0.4, -0.2) is 73.7 Å². The predicted molar refractivity (Wildman–Crippen MR) is 94.6 cm³/mol. The molecule has 5 nitrogen and oxygen atoms in total. The van der Waals surface area contributed by atoms with E-state index < -0.39 is 0 Å². The molecule has 0 aromatic heterocycles. The van der Waals surface area contributed by atoms with E-state index in [4.69, 9.17) is 4.74 Å². The molecule has 2 unspecified atom stereocenters. The molecule has 2 bridgehead atoms. The van der Waals surface area contributed by atoms with Gasteiger partial charge in [-0.25, -0.2) is 0 Å². The van der Waals surface area contributed by atoms with Gasteiger partial charge in [0.1, 0.15) is 0 Å². The summed E-state index contributed by atoms with van der Waals surface area (Å²) in [5, 5.41) is 0. The highest BCUT2D eigenvalue weighted by Gasteiger charge is 2.33. The lowest BCUT2D eigenvalue weighted by atomic mass is 10.1. The molecule has 0 aliphatic carbocycles. The van der Waals surface area contributed by atoms with Crippen molar-refractivity contribution in [3.63, 3.8) is 0 Å². The Hall–Kier alpha value is -1.59. The van der Waals surface area contributed by atoms with E-state index in [0.717, 1.165) is 51.4 Å². The molecule has 0 N–H and O–H groups in total. The zero-order chi connectivity index (χ0) is 16.5. The smallest absolute Gasteiger partial charge is 0.253 e. The summed E-state index contributed by atoms with van der Waals surface area (Å²) in [5.74, 6) is 0.166. The number of carbonyl (C=O) groups excluding carboxylic acids is 1. The van der Waals surface area contributed by atoms with Crippen LogP contribution in [0.3, 0.4) is 0 Å². The van der Waals surface area contributed by atoms with Crippen molar-refractivity contribution < 1.29 is 9.53 Å². The monoisotopic (exact) mass is 329 g/mol. The Balaban J connectivity index is 1.39. The molecule has 24 heavy (non-hydrogen) atoms. The van der Waals surface area contributed by atoms with Gasteiger partial charge in [-0.15, -0.1) is 0 Å². The number of rotatable bonds is 3. The van der Waals surface area contributed by atoms with Gasteiger partial charge in [0.25, 0.3) is 5.91 Å². The maximum absolute atomic E-state index is 12.7. The normalized spacial score (nSPS) is 27.5. The molecule has 0 saturated carbocycles. The van der Waals surface area contributed by atoms with Crippen molar-refractivity contribution in [1.29, 1.82) is 0 Å². The Morgan fingerprint density at radius 2 is 1.67 bits per heavy atom. The van der Waals surface area contributed by atoms with E-state index in [9.17, 15) is 4.79 Å². The summed E-state index contributed by atoms with van der Waals surface area (Å²) in [6.45, 7) is 8.83. The number of ether oxygens (including phenoxy) is 1. The third-order valence-electron chi connectivity index (χ3n) is 5.63. The summed E-state index contributed by atoms with van der Waals surface area (Å²) in [7, 11) is 0. The van der Waals surface area contributed by atoms with Crippen molar-refractivity contribution in [2.24, 2.45) is 0 Å². The zero-order valence-electron chi connectivity index (χ0n) is 14.5. The minimum atomic E-state index is 0.166. The molecule has 1 amide bonds. The summed E-state index contributed by atoms with van der Waals surface area (Å²) < 4.78 is 5.90. The molecule has 1 aromatic carbocycles. The minimum Gasteiger partial charge on any atom is -0.371 e. The highest BCUT2D eigenvalue weighted by molar-refractivity contribution is 5.94. The summed E-state index contributed by atoms with van der Waals surface area (Å²) in [6.07, 6.45) is 3.14. The number of benzene rings is 1. The maximum atomic E-state index is 12.7. The number of anilines is 1. The Kier molecular flexibility index (Phi) is 4.46. The zero-order valence-corrected chi connectivity index (χ0v) is 14.5. The highest BCUT2D eigenvalue weighted by atomic mass is 16.5. The number of piperazine rings is 1. The van der Waals surface area contributed by atoms with E-state index in [1.807, 2.05) is 17.0 Å². The van der Waals surface area contributed by atoms with Gasteiger partial charge in [0.05, 0.1) is 12.2 Å². The van der Waals surface area contributed by atoms with Gasteiger partial charge in [-0.1, -0.05) is 6.92 Å². The first-order valence-electron chi connectivity index (χ1n) is 9.25. The van der Waals surface area contributed by atoms with Crippen LogP contribution in [0.25, 0.3) is 0 Å². The first-order valence-corrected chi connectivity index (χ1v) is 9.25. The van der Waals surface area contributed by atoms with E-state index in [2.05, 4.69) is 28.9 Å². The van der Waals surface area contributed by atoms with Crippen molar-refractivity contribution in [2.75, 3.05) is 50.7 Å². The second kappa shape index (κ2) is 6.73. The van der Waals surface area contributed by atoms with Crippen LogP contribution >= 0.6 is 0 Å². The SMILES string of the molecule is CCN1CCN(C(=O)c2ccc(N3CC4CCC(C3)O4)cc2)CC1. The number of hydrogen-bond acceptors (Lipinski definition) is 4. The van der Waals surface area contributed by atoms with Gasteiger partial charge in [-0.3, -0.25) is 4.79 Å². The van der Waals surface area contributed by atoms with Gasteiger partial charge in [0, 0.05) is 50.5 Å². The van der Waals surface area contributed by atoms with Crippen LogP contribution in [0.15, 0.2) is 24.3 Å². The molecular weight excluding hydrogens is 302 g/mol. The average molecular weight is 329 g/mol. The lowest BCUT2D eigenvalue weighted by Crippen LogP contribution is -2.48. The third kappa shape index (κ3) is 3.15. The number of hydrogen-bond donors (Lipinski definition) is 0. The summed E-state index contributed by atoms with van der Waals surface area (Å²) in [5.41, 5.74) is 2.02. The van der Waals surface area contributed by atoms with Gasteiger partial charge in [-0.05, 0) is 43.7 Å². The number of fused-ring (bicyclic) bond motifs is 2. The van der Waals surface area contributed by atoms with Crippen LogP contribution in [0.5, 0.6) is 0 Å². The van der Waals surface area contributed by atoms with Gasteiger partial charge < -0.3 is 19.4 Å². The molecular formula is C19H27N3O2. The Bertz CT molecular complexity index is 569. The molecule has 3 heterocycles. The van der Waals surface area contributed by atoms with Crippen molar-refractivity contribution in [3.05, 3.63) is 29.8 Å². The molecule has 3 aliphatic heterocycles. The van der Waals surface area contributed by atoms with Crippen molar-refractivity contribution in [3.8, 4) is 0 Å². The number of likely N-dealkylation sites (N-methyl/N-ethyl adjacent to an activating group) is 1. The van der Waals surface area contributed by atoms with E-state index in [1.165, 1.54) is 18.5 Å². The van der Waals surface area contributed by atoms with Gasteiger partial charge >= 0.3 is 0 Å². The van der Waals surface area contributed by atoms with Gasteiger partial charge in [-0.2, -0.15) is 0 Å². The van der Waals surface area contributed by atoms with Crippen LogP contribution < -0.4 is 4.90 Å². The fourth-order valence-electron chi connectivity index (χ4n) is 4.09. The second-order valence-electron chi connectivity index (χ2n) is 7.14. The molecule has 2 atom stereocenters. The minimum absolute atomic E-state index is 0.166. The molecule has 3 saturated heterocycles. The summed E-state index contributed by atoms with van der Waals surface area (Å²) in [6, 6.07) is 8.17. The van der Waals surface area contributed by atoms with Crippen molar-refractivity contribution >= 4 is 11.6 Å². The van der Waals surface area contributed by atoms with Crippen LogP contribution in [-0.2, 0) is 4.74 Å². The lowest BCUT2D eigenvalue weighted by Gasteiger charge is -2.35. The molecule has 5 heteroatoms. The van der Waals surface area contributed by atoms with E-state index in [1.54, 1.807) is 0 Å². The van der Waals surface area contributed by atoms with Crippen LogP contribution in [0.2, 0.25) is 0 Å². The number of amides is 1. The topological polar surface area (TPSA) is 36.0 Å². The maximum Gasteiger partial charge on any atom is 0.253 e. The first kappa shape index (κ1) is 15.9. The third-order valence-corrected chi connectivity index (χ3v) is 5.63. The van der Waals surface area contributed by atoms with Gasteiger partial charge in [0.2, 0.25) is 0 Å². The molecule has 3 aliphatic rings. The average Bonchev–Trinajstić information content (AvgIpc) is 2.99. The molecule has 130 valence electrons. The molecule has 1 aromatic rings. The van der Waals surface area contributed by atoms with Gasteiger partial charge in [0.15, 0.2) is 0 Å². The standard InChI is InChI=1S/C19H27N3O2/c1-2-20-9-11-21(12-10-20)19(23)15-3-5-16(6-4-15)22-13-17-7-8-18(14-22)24-17/h3-6,17-18H,2,7-14H2,1H3. The largest absolute Gasteiger partial charge is 0.371 e. The number of nitrogens with zero attached hydrogens (tertiary/aromatic N) is 3. The van der Waals surface area contributed by atoms with E-state index in [0.29, 0.717) is 12.2 Å². The molecule has 3 fully saturated rings. The quantitative estimate of drug-likeness (QED) is 0.848. The summed E-state index contributed by atoms with van der Waals surface area (Å²) >= 11 is 0. The van der Waals surface area contributed by atoms with Crippen LogP contribution in [0.4, 0.5) is 5.69 Å².